The van der Waals surface area contributed by atoms with Gasteiger partial charge in [-0.2, -0.15) is 0 Å². The molecule has 2 N–H and O–H groups in total. The summed E-state index contributed by atoms with van der Waals surface area (Å²) in [5.74, 6) is 0. The molecule has 2 unspecified atom stereocenters. The molecule has 0 aliphatic rings. The molecule has 0 heterocycles. The number of halogens is 4. The number of benzene rings is 2. The Morgan fingerprint density at radius 1 is 0.636 bits per heavy atom. The van der Waals surface area contributed by atoms with Gasteiger partial charge in [-0.15, -0.1) is 0 Å². The summed E-state index contributed by atoms with van der Waals surface area (Å²) in [4.78, 5) is 0. The van der Waals surface area contributed by atoms with Crippen molar-refractivity contribution in [1.82, 2.24) is 10.6 Å². The second-order valence-electron chi connectivity index (χ2n) is 4.80. The van der Waals surface area contributed by atoms with Crippen molar-refractivity contribution in [2.75, 3.05) is 14.1 Å². The quantitative estimate of drug-likeness (QED) is 0.716. The van der Waals surface area contributed by atoms with Gasteiger partial charge in [0.05, 0.1) is 12.1 Å². The fourth-order valence-electron chi connectivity index (χ4n) is 2.57. The van der Waals surface area contributed by atoms with Crippen molar-refractivity contribution in [2.45, 2.75) is 12.1 Å². The largest absolute Gasteiger partial charge is 0.311 e. The zero-order valence-electron chi connectivity index (χ0n) is 12.1. The van der Waals surface area contributed by atoms with E-state index in [0.29, 0.717) is 20.1 Å². The van der Waals surface area contributed by atoms with Crippen LogP contribution in [0.5, 0.6) is 0 Å². The van der Waals surface area contributed by atoms with Gasteiger partial charge < -0.3 is 10.6 Å². The van der Waals surface area contributed by atoms with Gasteiger partial charge in [-0.1, -0.05) is 58.5 Å². The second kappa shape index (κ2) is 7.87. The fourth-order valence-corrected chi connectivity index (χ4v) is 3.84. The Morgan fingerprint density at radius 3 is 1.14 bits per heavy atom. The maximum absolute atomic E-state index is 6.35. The van der Waals surface area contributed by atoms with Crippen LogP contribution >= 0.6 is 46.4 Å². The number of nitrogens with one attached hydrogen (secondary N) is 2. The van der Waals surface area contributed by atoms with E-state index >= 15 is 0 Å². The van der Waals surface area contributed by atoms with Gasteiger partial charge >= 0.3 is 0 Å². The molecule has 0 saturated carbocycles. The smallest absolute Gasteiger partial charge is 0.0546 e. The predicted octanol–water partition coefficient (Wildman–Crippen LogP) is 5.52. The molecule has 0 spiro atoms. The third kappa shape index (κ3) is 3.53. The molecule has 22 heavy (non-hydrogen) atoms. The van der Waals surface area contributed by atoms with E-state index in [4.69, 9.17) is 46.4 Å². The third-order valence-electron chi connectivity index (χ3n) is 3.58. The average molecular weight is 378 g/mol. The summed E-state index contributed by atoms with van der Waals surface area (Å²) in [5.41, 5.74) is 1.62. The Balaban J connectivity index is 2.57. The van der Waals surface area contributed by atoms with Crippen molar-refractivity contribution in [3.05, 3.63) is 67.6 Å². The van der Waals surface area contributed by atoms with Crippen molar-refractivity contribution in [2.24, 2.45) is 0 Å². The summed E-state index contributed by atoms with van der Waals surface area (Å²) >= 11 is 25.4. The monoisotopic (exact) mass is 376 g/mol. The van der Waals surface area contributed by atoms with Gasteiger partial charge in [0.15, 0.2) is 0 Å². The molecule has 0 aliphatic carbocycles. The molecule has 0 radical (unpaired) electrons. The molecule has 2 aromatic rings. The maximum atomic E-state index is 6.35. The van der Waals surface area contributed by atoms with Gasteiger partial charge in [0, 0.05) is 31.2 Å². The van der Waals surface area contributed by atoms with E-state index in [0.717, 1.165) is 11.1 Å². The van der Waals surface area contributed by atoms with E-state index < -0.39 is 0 Å². The molecular formula is C16H16Cl4N2. The number of likely N-dealkylation sites (N-methyl/N-ethyl adjacent to an activating group) is 2. The van der Waals surface area contributed by atoms with Gasteiger partial charge in [-0.25, -0.2) is 0 Å². The molecule has 0 aliphatic heterocycles. The Bertz CT molecular complexity index is 563. The van der Waals surface area contributed by atoms with Gasteiger partial charge in [-0.05, 0) is 38.4 Å². The topological polar surface area (TPSA) is 24.1 Å². The molecule has 2 nitrogen and oxygen atoms in total. The highest BCUT2D eigenvalue weighted by atomic mass is 35.5. The summed E-state index contributed by atoms with van der Waals surface area (Å²) in [7, 11) is 3.69. The van der Waals surface area contributed by atoms with E-state index in [-0.39, 0.29) is 12.1 Å². The zero-order chi connectivity index (χ0) is 16.3. The molecule has 6 heteroatoms. The van der Waals surface area contributed by atoms with Crippen LogP contribution in [0.15, 0.2) is 36.4 Å². The normalized spacial score (nSPS) is 13.9. The predicted molar refractivity (Wildman–Crippen MR) is 96.5 cm³/mol. The molecule has 0 fully saturated rings. The Morgan fingerprint density at radius 2 is 0.909 bits per heavy atom. The van der Waals surface area contributed by atoms with Crippen molar-refractivity contribution in [3.63, 3.8) is 0 Å². The molecule has 0 amide bonds. The van der Waals surface area contributed by atoms with Gasteiger partial charge in [0.1, 0.15) is 0 Å². The summed E-state index contributed by atoms with van der Waals surface area (Å²) in [6, 6.07) is 10.5. The van der Waals surface area contributed by atoms with Crippen molar-refractivity contribution in [3.8, 4) is 0 Å². The molecule has 0 saturated heterocycles. The van der Waals surface area contributed by atoms with Gasteiger partial charge in [0.2, 0.25) is 0 Å². The van der Waals surface area contributed by atoms with E-state index in [9.17, 15) is 0 Å². The second-order valence-corrected chi connectivity index (χ2v) is 6.43. The van der Waals surface area contributed by atoms with Crippen LogP contribution in [-0.2, 0) is 0 Å². The maximum Gasteiger partial charge on any atom is 0.0546 e. The van der Waals surface area contributed by atoms with Crippen molar-refractivity contribution in [1.29, 1.82) is 0 Å². The molecule has 0 aromatic heterocycles. The van der Waals surface area contributed by atoms with Crippen LogP contribution in [0.4, 0.5) is 0 Å². The molecular weight excluding hydrogens is 362 g/mol. The standard InChI is InChI=1S/C16H16Cl4N2/c1-21-15(13-9(17)5-3-6-10(13)18)16(22-2)14-11(19)7-4-8-12(14)20/h3-8,15-16,21-22H,1-2H3. The molecule has 2 rings (SSSR count). The van der Waals surface area contributed by atoms with Crippen LogP contribution < -0.4 is 10.6 Å². The third-order valence-corrected chi connectivity index (χ3v) is 4.90. The summed E-state index contributed by atoms with van der Waals surface area (Å²) in [5, 5.41) is 8.88. The molecule has 2 atom stereocenters. The van der Waals surface area contributed by atoms with Crippen molar-refractivity contribution >= 4 is 46.4 Å². The SMILES string of the molecule is CNC(c1c(Cl)cccc1Cl)C(NC)c1c(Cl)cccc1Cl. The first kappa shape index (κ1) is 17.9. The minimum absolute atomic E-state index is 0.191. The van der Waals surface area contributed by atoms with Gasteiger partial charge in [-0.3, -0.25) is 0 Å². The number of hydrogen-bond acceptors (Lipinski definition) is 2. The fraction of sp³-hybridized carbons (Fsp3) is 0.250. The first-order valence-electron chi connectivity index (χ1n) is 6.73. The lowest BCUT2D eigenvalue weighted by Gasteiger charge is -2.30. The van der Waals surface area contributed by atoms with E-state index in [1.54, 1.807) is 0 Å². The first-order valence-corrected chi connectivity index (χ1v) is 8.24. The average Bonchev–Trinajstić information content (AvgIpc) is 2.48. The van der Waals surface area contributed by atoms with E-state index in [2.05, 4.69) is 10.6 Å². The van der Waals surface area contributed by atoms with E-state index in [1.807, 2.05) is 50.5 Å². The van der Waals surface area contributed by atoms with Crippen LogP contribution in [0.2, 0.25) is 20.1 Å². The van der Waals surface area contributed by atoms with Crippen molar-refractivity contribution < 1.29 is 0 Å². The molecule has 118 valence electrons. The zero-order valence-corrected chi connectivity index (χ0v) is 15.2. The lowest BCUT2D eigenvalue weighted by molar-refractivity contribution is 0.433. The van der Waals surface area contributed by atoms with E-state index in [1.165, 1.54) is 0 Å². The highest BCUT2D eigenvalue weighted by molar-refractivity contribution is 6.37. The highest BCUT2D eigenvalue weighted by Gasteiger charge is 2.29. The molecule has 2 aromatic carbocycles. The Labute approximate surface area is 150 Å². The minimum atomic E-state index is -0.191. The first-order chi connectivity index (χ1) is 10.5. The van der Waals surface area contributed by atoms with Gasteiger partial charge in [0.25, 0.3) is 0 Å². The van der Waals surface area contributed by atoms with Crippen LogP contribution in [-0.4, -0.2) is 14.1 Å². The Kier molecular flexibility index (Phi) is 6.39. The van der Waals surface area contributed by atoms with Crippen LogP contribution in [0.1, 0.15) is 23.2 Å². The number of rotatable bonds is 5. The summed E-state index contributed by atoms with van der Waals surface area (Å²) in [6.45, 7) is 0. The Hall–Kier alpha value is -0.480. The summed E-state index contributed by atoms with van der Waals surface area (Å²) < 4.78 is 0. The number of hydrogen-bond donors (Lipinski definition) is 2. The van der Waals surface area contributed by atoms with Crippen LogP contribution in [0.25, 0.3) is 0 Å². The van der Waals surface area contributed by atoms with Crippen LogP contribution in [0, 0.1) is 0 Å². The lowest BCUT2D eigenvalue weighted by Crippen LogP contribution is -2.32. The van der Waals surface area contributed by atoms with Crippen LogP contribution in [0.3, 0.4) is 0 Å². The minimum Gasteiger partial charge on any atom is -0.311 e. The lowest BCUT2D eigenvalue weighted by atomic mass is 9.93. The summed E-state index contributed by atoms with van der Waals surface area (Å²) in [6.07, 6.45) is 0. The molecule has 0 bridgehead atoms. The highest BCUT2D eigenvalue weighted by Crippen LogP contribution is 2.41.